The molecule has 0 spiro atoms. The van der Waals surface area contributed by atoms with Gasteiger partial charge >= 0.3 is 0 Å². The van der Waals surface area contributed by atoms with Crippen molar-refractivity contribution in [1.82, 2.24) is 4.31 Å². The Hall–Kier alpha value is -0.920. The normalized spacial score (nSPS) is 20.2. The smallest absolute Gasteiger partial charge is 0.228 e. The number of sulfonamides is 1. The number of amides is 1. The van der Waals surface area contributed by atoms with E-state index in [9.17, 15) is 13.2 Å². The highest BCUT2D eigenvalue weighted by molar-refractivity contribution is 9.10. The Morgan fingerprint density at radius 3 is 2.81 bits per heavy atom. The number of rotatable bonds is 4. The van der Waals surface area contributed by atoms with Crippen molar-refractivity contribution in [3.63, 3.8) is 0 Å². The maximum Gasteiger partial charge on any atom is 0.228 e. The van der Waals surface area contributed by atoms with E-state index >= 15 is 0 Å². The van der Waals surface area contributed by atoms with Gasteiger partial charge in [0.1, 0.15) is 0 Å². The average Bonchev–Trinajstić information content (AvgIpc) is 2.49. The first-order valence-corrected chi connectivity index (χ1v) is 9.37. The Morgan fingerprint density at radius 2 is 2.14 bits per heavy atom. The number of benzene rings is 1. The van der Waals surface area contributed by atoms with E-state index in [1.165, 1.54) is 4.31 Å². The number of halogens is 1. The van der Waals surface area contributed by atoms with Crippen molar-refractivity contribution >= 4 is 37.5 Å². The summed E-state index contributed by atoms with van der Waals surface area (Å²) in [6.45, 7) is 2.40. The summed E-state index contributed by atoms with van der Waals surface area (Å²) >= 11 is 3.38. The van der Waals surface area contributed by atoms with Gasteiger partial charge in [0.15, 0.2) is 0 Å². The SMILES string of the molecule is CCS(=O)(=O)N1CCCC(C(=O)Nc2ccccc2Br)C1. The first kappa shape index (κ1) is 16.5. The van der Waals surface area contributed by atoms with Crippen LogP contribution in [0.15, 0.2) is 28.7 Å². The van der Waals surface area contributed by atoms with Gasteiger partial charge in [-0.25, -0.2) is 12.7 Å². The summed E-state index contributed by atoms with van der Waals surface area (Å²) in [6.07, 6.45) is 1.43. The number of carbonyl (C=O) groups excluding carboxylic acids is 1. The van der Waals surface area contributed by atoms with Gasteiger partial charge in [0, 0.05) is 17.6 Å². The average molecular weight is 375 g/mol. The fraction of sp³-hybridized carbons (Fsp3) is 0.500. The van der Waals surface area contributed by atoms with Crippen LogP contribution in [0.3, 0.4) is 0 Å². The largest absolute Gasteiger partial charge is 0.325 e. The van der Waals surface area contributed by atoms with Gasteiger partial charge in [-0.1, -0.05) is 12.1 Å². The van der Waals surface area contributed by atoms with Crippen molar-refractivity contribution in [2.24, 2.45) is 5.92 Å². The number of hydrogen-bond acceptors (Lipinski definition) is 3. The van der Waals surface area contributed by atoms with Crippen molar-refractivity contribution in [1.29, 1.82) is 0 Å². The lowest BCUT2D eigenvalue weighted by molar-refractivity contribution is -0.120. The first-order valence-electron chi connectivity index (χ1n) is 6.97. The molecule has 1 fully saturated rings. The molecule has 0 aromatic heterocycles. The van der Waals surface area contributed by atoms with Crippen molar-refractivity contribution in [3.05, 3.63) is 28.7 Å². The van der Waals surface area contributed by atoms with E-state index in [1.54, 1.807) is 6.92 Å². The predicted octanol–water partition coefficient (Wildman–Crippen LogP) is 2.45. The third kappa shape index (κ3) is 4.05. The van der Waals surface area contributed by atoms with Gasteiger partial charge in [-0.3, -0.25) is 4.79 Å². The Balaban J connectivity index is 2.05. The number of nitrogens with zero attached hydrogens (tertiary/aromatic N) is 1. The van der Waals surface area contributed by atoms with Crippen molar-refractivity contribution < 1.29 is 13.2 Å². The molecule has 0 aliphatic carbocycles. The molecule has 1 aliphatic heterocycles. The number of carbonyl (C=O) groups is 1. The van der Waals surface area contributed by atoms with E-state index in [2.05, 4.69) is 21.2 Å². The van der Waals surface area contributed by atoms with Crippen LogP contribution in [0.25, 0.3) is 0 Å². The molecule has 1 heterocycles. The molecule has 7 heteroatoms. The molecule has 1 aliphatic rings. The quantitative estimate of drug-likeness (QED) is 0.879. The van der Waals surface area contributed by atoms with E-state index in [1.807, 2.05) is 24.3 Å². The zero-order chi connectivity index (χ0) is 15.5. The van der Waals surface area contributed by atoms with Crippen LogP contribution in [0.2, 0.25) is 0 Å². The number of hydrogen-bond donors (Lipinski definition) is 1. The van der Waals surface area contributed by atoms with Gasteiger partial charge in [-0.15, -0.1) is 0 Å². The minimum absolute atomic E-state index is 0.0750. The van der Waals surface area contributed by atoms with Crippen LogP contribution in [0.4, 0.5) is 5.69 Å². The number of anilines is 1. The molecule has 0 saturated carbocycles. The zero-order valence-electron chi connectivity index (χ0n) is 11.9. The lowest BCUT2D eigenvalue weighted by atomic mass is 9.99. The van der Waals surface area contributed by atoms with Crippen LogP contribution in [0, 0.1) is 5.92 Å². The molecule has 1 atom stereocenters. The van der Waals surface area contributed by atoms with Gasteiger partial charge in [0.2, 0.25) is 15.9 Å². The van der Waals surface area contributed by atoms with Crippen LogP contribution in [0.1, 0.15) is 19.8 Å². The molecular formula is C14H19BrN2O3S. The minimum atomic E-state index is -3.22. The van der Waals surface area contributed by atoms with E-state index in [0.717, 1.165) is 4.47 Å². The van der Waals surface area contributed by atoms with E-state index in [4.69, 9.17) is 0 Å². The van der Waals surface area contributed by atoms with Crippen LogP contribution in [-0.4, -0.2) is 37.5 Å². The molecule has 116 valence electrons. The lowest BCUT2D eigenvalue weighted by Crippen LogP contribution is -2.44. The highest BCUT2D eigenvalue weighted by atomic mass is 79.9. The second kappa shape index (κ2) is 6.89. The van der Waals surface area contributed by atoms with Gasteiger partial charge in [-0.2, -0.15) is 0 Å². The van der Waals surface area contributed by atoms with Gasteiger partial charge in [0.05, 0.1) is 17.4 Å². The summed E-state index contributed by atoms with van der Waals surface area (Å²) < 4.78 is 26.1. The molecule has 1 amide bonds. The van der Waals surface area contributed by atoms with Crippen molar-refractivity contribution in [2.45, 2.75) is 19.8 Å². The van der Waals surface area contributed by atoms with Gasteiger partial charge in [0.25, 0.3) is 0 Å². The molecule has 0 radical (unpaired) electrons. The Morgan fingerprint density at radius 1 is 1.43 bits per heavy atom. The minimum Gasteiger partial charge on any atom is -0.325 e. The first-order chi connectivity index (χ1) is 9.94. The van der Waals surface area contributed by atoms with Crippen LogP contribution >= 0.6 is 15.9 Å². The maximum atomic E-state index is 12.3. The topological polar surface area (TPSA) is 66.5 Å². The maximum absolute atomic E-state index is 12.3. The highest BCUT2D eigenvalue weighted by Gasteiger charge is 2.31. The summed E-state index contributed by atoms with van der Waals surface area (Å²) in [4.78, 5) is 12.3. The molecule has 1 aromatic rings. The number of piperidine rings is 1. The van der Waals surface area contributed by atoms with E-state index in [-0.39, 0.29) is 24.1 Å². The molecule has 0 bridgehead atoms. The van der Waals surface area contributed by atoms with Crippen molar-refractivity contribution in [2.75, 3.05) is 24.2 Å². The third-order valence-electron chi connectivity index (χ3n) is 3.64. The lowest BCUT2D eigenvalue weighted by Gasteiger charge is -2.31. The van der Waals surface area contributed by atoms with Crippen LogP contribution in [0.5, 0.6) is 0 Å². The van der Waals surface area contributed by atoms with E-state index in [0.29, 0.717) is 25.1 Å². The second-order valence-corrected chi connectivity index (χ2v) is 8.18. The predicted molar refractivity (Wildman–Crippen MR) is 86.5 cm³/mol. The van der Waals surface area contributed by atoms with E-state index < -0.39 is 10.0 Å². The van der Waals surface area contributed by atoms with Gasteiger partial charge in [-0.05, 0) is 47.8 Å². The monoisotopic (exact) mass is 374 g/mol. The fourth-order valence-corrected chi connectivity index (χ4v) is 3.95. The second-order valence-electron chi connectivity index (χ2n) is 5.07. The van der Waals surface area contributed by atoms with Crippen molar-refractivity contribution in [3.8, 4) is 0 Å². The molecule has 1 aromatic carbocycles. The molecular weight excluding hydrogens is 356 g/mol. The Bertz CT molecular complexity index is 618. The standard InChI is InChI=1S/C14H19BrN2O3S/c1-2-21(19,20)17-9-5-6-11(10-17)14(18)16-13-8-4-3-7-12(13)15/h3-4,7-8,11H,2,5-6,9-10H2,1H3,(H,16,18). The molecule has 21 heavy (non-hydrogen) atoms. The molecule has 5 nitrogen and oxygen atoms in total. The summed E-state index contributed by atoms with van der Waals surface area (Å²) in [5.74, 6) is -0.351. The molecule has 1 N–H and O–H groups in total. The van der Waals surface area contributed by atoms with Crippen LogP contribution in [-0.2, 0) is 14.8 Å². The summed E-state index contributed by atoms with van der Waals surface area (Å²) in [5, 5.41) is 2.86. The summed E-state index contributed by atoms with van der Waals surface area (Å²) in [7, 11) is -3.22. The fourth-order valence-electron chi connectivity index (χ4n) is 2.39. The summed E-state index contributed by atoms with van der Waals surface area (Å²) in [5.41, 5.74) is 0.706. The summed E-state index contributed by atoms with van der Waals surface area (Å²) in [6, 6.07) is 7.38. The molecule has 2 rings (SSSR count). The van der Waals surface area contributed by atoms with Crippen LogP contribution < -0.4 is 5.32 Å². The Kier molecular flexibility index (Phi) is 5.40. The number of para-hydroxylation sites is 1. The Labute approximate surface area is 133 Å². The molecule has 1 saturated heterocycles. The number of nitrogens with one attached hydrogen (secondary N) is 1. The highest BCUT2D eigenvalue weighted by Crippen LogP contribution is 2.24. The third-order valence-corrected chi connectivity index (χ3v) is 6.18. The zero-order valence-corrected chi connectivity index (χ0v) is 14.3. The molecule has 1 unspecified atom stereocenters. The van der Waals surface area contributed by atoms with Gasteiger partial charge < -0.3 is 5.32 Å².